The van der Waals surface area contributed by atoms with Gasteiger partial charge in [0.15, 0.2) is 0 Å². The molecule has 27 heavy (non-hydrogen) atoms. The molecule has 1 amide bonds. The van der Waals surface area contributed by atoms with Crippen LogP contribution in [-0.4, -0.2) is 23.7 Å². The summed E-state index contributed by atoms with van der Waals surface area (Å²) in [6.45, 7) is 1.81. The van der Waals surface area contributed by atoms with Gasteiger partial charge >= 0.3 is 0 Å². The number of amides is 1. The summed E-state index contributed by atoms with van der Waals surface area (Å²) in [7, 11) is 0. The van der Waals surface area contributed by atoms with Crippen molar-refractivity contribution in [1.82, 2.24) is 5.48 Å². The Bertz CT molecular complexity index is 823. The van der Waals surface area contributed by atoms with Crippen LogP contribution in [0.2, 0.25) is 5.02 Å². The number of hydrogen-bond donors (Lipinski definition) is 3. The average molecular weight is 511 g/mol. The van der Waals surface area contributed by atoms with E-state index < -0.39 is 23.6 Å². The third kappa shape index (κ3) is 6.27. The van der Waals surface area contributed by atoms with Crippen molar-refractivity contribution in [2.24, 2.45) is 0 Å². The summed E-state index contributed by atoms with van der Waals surface area (Å²) in [5, 5.41) is 12.0. The maximum absolute atomic E-state index is 14.1. The first-order valence-electron chi connectivity index (χ1n) is 8.13. The van der Waals surface area contributed by atoms with Gasteiger partial charge in [0, 0.05) is 3.57 Å². The number of carbonyl (C=O) groups excluding carboxylic acids is 1. The van der Waals surface area contributed by atoms with E-state index >= 15 is 0 Å². The largest absolute Gasteiger partial charge is 0.391 e. The highest BCUT2D eigenvalue weighted by molar-refractivity contribution is 14.1. The molecule has 5 nitrogen and oxygen atoms in total. The number of halogens is 4. The minimum absolute atomic E-state index is 0.0206. The van der Waals surface area contributed by atoms with Crippen molar-refractivity contribution in [2.75, 3.05) is 11.9 Å². The highest BCUT2D eigenvalue weighted by atomic mass is 127. The van der Waals surface area contributed by atoms with Gasteiger partial charge in [-0.2, -0.15) is 0 Å². The molecule has 0 aliphatic heterocycles. The van der Waals surface area contributed by atoms with E-state index in [0.717, 1.165) is 18.6 Å². The first-order chi connectivity index (χ1) is 12.8. The van der Waals surface area contributed by atoms with E-state index in [1.54, 1.807) is 6.07 Å². The standard InChI is InChI=1S/C18H18ClF2IN2O3/c1-2-3-11(25)9-27-24-18(26)12-7-13(19)14(20)8-17(12)23-16-5-4-10(22)6-15(16)21/h4-8,11,23,25H,2-3,9H2,1H3,(H,24,26). The first-order valence-corrected chi connectivity index (χ1v) is 9.58. The van der Waals surface area contributed by atoms with Crippen molar-refractivity contribution in [2.45, 2.75) is 25.9 Å². The van der Waals surface area contributed by atoms with Gasteiger partial charge in [0.2, 0.25) is 0 Å². The number of rotatable bonds is 8. The predicted octanol–water partition coefficient (Wildman–Crippen LogP) is 4.79. The molecule has 0 saturated carbocycles. The van der Waals surface area contributed by atoms with Crippen LogP contribution in [0, 0.1) is 15.2 Å². The van der Waals surface area contributed by atoms with E-state index in [0.29, 0.717) is 9.99 Å². The monoisotopic (exact) mass is 510 g/mol. The summed E-state index contributed by atoms with van der Waals surface area (Å²) in [6.07, 6.45) is 0.573. The number of anilines is 2. The highest BCUT2D eigenvalue weighted by Crippen LogP contribution is 2.28. The molecule has 0 aliphatic rings. The molecular formula is C18H18ClF2IN2O3. The second-order valence-electron chi connectivity index (χ2n) is 5.75. The molecular weight excluding hydrogens is 493 g/mol. The Morgan fingerprint density at radius 3 is 2.67 bits per heavy atom. The minimum Gasteiger partial charge on any atom is -0.391 e. The van der Waals surface area contributed by atoms with Crippen LogP contribution in [0.25, 0.3) is 0 Å². The summed E-state index contributed by atoms with van der Waals surface area (Å²) in [5.74, 6) is -2.03. The fourth-order valence-corrected chi connectivity index (χ4v) is 2.87. The van der Waals surface area contributed by atoms with Crippen LogP contribution in [0.4, 0.5) is 20.2 Å². The van der Waals surface area contributed by atoms with Crippen LogP contribution in [0.15, 0.2) is 30.3 Å². The lowest BCUT2D eigenvalue weighted by Gasteiger charge is -2.15. The zero-order chi connectivity index (χ0) is 20.0. The lowest BCUT2D eigenvalue weighted by atomic mass is 10.1. The molecule has 2 aromatic carbocycles. The van der Waals surface area contributed by atoms with Crippen molar-refractivity contribution in [1.29, 1.82) is 0 Å². The Labute approximate surface area is 174 Å². The Morgan fingerprint density at radius 1 is 1.26 bits per heavy atom. The topological polar surface area (TPSA) is 70.6 Å². The molecule has 2 aromatic rings. The van der Waals surface area contributed by atoms with Crippen LogP contribution in [-0.2, 0) is 4.84 Å². The van der Waals surface area contributed by atoms with Gasteiger partial charge in [-0.25, -0.2) is 14.3 Å². The van der Waals surface area contributed by atoms with E-state index in [1.165, 1.54) is 12.1 Å². The van der Waals surface area contributed by atoms with Gasteiger partial charge < -0.3 is 10.4 Å². The molecule has 9 heteroatoms. The van der Waals surface area contributed by atoms with Crippen LogP contribution < -0.4 is 10.8 Å². The average Bonchev–Trinajstić information content (AvgIpc) is 2.60. The fourth-order valence-electron chi connectivity index (χ4n) is 2.25. The molecule has 0 aromatic heterocycles. The number of nitrogens with one attached hydrogen (secondary N) is 2. The molecule has 0 bridgehead atoms. The van der Waals surface area contributed by atoms with Crippen molar-refractivity contribution in [3.63, 3.8) is 0 Å². The highest BCUT2D eigenvalue weighted by Gasteiger charge is 2.17. The SMILES string of the molecule is CCCC(O)CONC(=O)c1cc(Cl)c(F)cc1Nc1ccc(I)cc1F. The zero-order valence-corrected chi connectivity index (χ0v) is 17.3. The van der Waals surface area contributed by atoms with Crippen LogP contribution in [0.5, 0.6) is 0 Å². The molecule has 0 spiro atoms. The second kappa shape index (κ2) is 10.2. The quantitative estimate of drug-likeness (QED) is 0.353. The van der Waals surface area contributed by atoms with E-state index in [-0.39, 0.29) is 28.6 Å². The van der Waals surface area contributed by atoms with Gasteiger partial charge in [0.1, 0.15) is 18.2 Å². The number of carbonyl (C=O) groups is 1. The van der Waals surface area contributed by atoms with Gasteiger partial charge in [-0.1, -0.05) is 24.9 Å². The number of aliphatic hydroxyl groups excluding tert-OH is 1. The Kier molecular flexibility index (Phi) is 8.21. The third-order valence-electron chi connectivity index (χ3n) is 3.57. The van der Waals surface area contributed by atoms with Crippen molar-refractivity contribution < 1.29 is 23.5 Å². The molecule has 0 heterocycles. The molecule has 1 unspecified atom stereocenters. The Balaban J connectivity index is 2.19. The third-order valence-corrected chi connectivity index (χ3v) is 4.53. The maximum atomic E-state index is 14.1. The van der Waals surface area contributed by atoms with Gasteiger partial charge in [0.05, 0.1) is 28.1 Å². The molecule has 3 N–H and O–H groups in total. The summed E-state index contributed by atoms with van der Waals surface area (Å²) in [6, 6.07) is 6.55. The molecule has 0 radical (unpaired) electrons. The van der Waals surface area contributed by atoms with Crippen LogP contribution in [0.3, 0.4) is 0 Å². The van der Waals surface area contributed by atoms with Crippen LogP contribution >= 0.6 is 34.2 Å². The van der Waals surface area contributed by atoms with Gasteiger partial charge in [-0.3, -0.25) is 9.63 Å². The lowest BCUT2D eigenvalue weighted by Crippen LogP contribution is -2.29. The molecule has 1 atom stereocenters. The first kappa shape index (κ1) is 21.8. The van der Waals surface area contributed by atoms with Crippen molar-refractivity contribution >= 4 is 51.5 Å². The number of aliphatic hydroxyl groups is 1. The predicted molar refractivity (Wildman–Crippen MR) is 108 cm³/mol. The van der Waals surface area contributed by atoms with E-state index in [1.807, 2.05) is 29.5 Å². The fraction of sp³-hybridized carbons (Fsp3) is 0.278. The Morgan fingerprint density at radius 2 is 2.00 bits per heavy atom. The second-order valence-corrected chi connectivity index (χ2v) is 7.40. The summed E-state index contributed by atoms with van der Waals surface area (Å²) in [5.41, 5.74) is 2.23. The van der Waals surface area contributed by atoms with E-state index in [4.69, 9.17) is 16.4 Å². The molecule has 0 aliphatic carbocycles. The normalized spacial score (nSPS) is 11.9. The lowest BCUT2D eigenvalue weighted by molar-refractivity contribution is -0.0149. The zero-order valence-electron chi connectivity index (χ0n) is 14.4. The smallest absolute Gasteiger partial charge is 0.277 e. The molecule has 146 valence electrons. The van der Waals surface area contributed by atoms with E-state index in [9.17, 15) is 18.7 Å². The van der Waals surface area contributed by atoms with Crippen LogP contribution in [0.1, 0.15) is 30.1 Å². The van der Waals surface area contributed by atoms with Crippen molar-refractivity contribution in [3.05, 3.63) is 56.1 Å². The number of benzene rings is 2. The molecule has 0 saturated heterocycles. The minimum atomic E-state index is -0.763. The van der Waals surface area contributed by atoms with E-state index in [2.05, 4.69) is 10.8 Å². The Hall–Kier alpha value is -1.49. The number of hydroxylamine groups is 1. The summed E-state index contributed by atoms with van der Waals surface area (Å²) >= 11 is 7.73. The summed E-state index contributed by atoms with van der Waals surface area (Å²) in [4.78, 5) is 17.4. The van der Waals surface area contributed by atoms with Gasteiger partial charge in [0.25, 0.3) is 5.91 Å². The number of hydrogen-bond acceptors (Lipinski definition) is 4. The molecule has 0 fully saturated rings. The molecule has 2 rings (SSSR count). The van der Waals surface area contributed by atoms with Gasteiger partial charge in [-0.05, 0) is 59.3 Å². The van der Waals surface area contributed by atoms with Gasteiger partial charge in [-0.15, -0.1) is 0 Å². The maximum Gasteiger partial charge on any atom is 0.277 e. The van der Waals surface area contributed by atoms with Crippen molar-refractivity contribution in [3.8, 4) is 0 Å². The summed E-state index contributed by atoms with van der Waals surface area (Å²) < 4.78 is 28.6.